The van der Waals surface area contributed by atoms with Gasteiger partial charge in [-0.3, -0.25) is 0 Å². The smallest absolute Gasteiger partial charge is 0.373 e. The fourth-order valence-electron chi connectivity index (χ4n) is 1.98. The summed E-state index contributed by atoms with van der Waals surface area (Å²) >= 11 is 0. The Kier molecular flexibility index (Phi) is 4.04. The van der Waals surface area contributed by atoms with Crippen LogP contribution >= 0.6 is 0 Å². The van der Waals surface area contributed by atoms with Crippen molar-refractivity contribution in [2.75, 3.05) is 20.3 Å². The van der Waals surface area contributed by atoms with E-state index >= 15 is 0 Å². The first kappa shape index (κ1) is 13.1. The Labute approximate surface area is 106 Å². The van der Waals surface area contributed by atoms with Gasteiger partial charge < -0.3 is 19.2 Å². The maximum atomic E-state index is 11.2. The first-order valence-electron chi connectivity index (χ1n) is 6.13. The monoisotopic (exact) mass is 253 g/mol. The minimum atomic E-state index is -0.446. The van der Waals surface area contributed by atoms with Crippen LogP contribution in [0.4, 0.5) is 0 Å². The first-order chi connectivity index (χ1) is 8.63. The standard InChI is InChI=1S/C13H19NO4/c1-13(5-7-17-8-6-13)14-9-10-3-4-11(18-10)12(15)16-2/h3-4,14H,5-9H2,1-2H3. The van der Waals surface area contributed by atoms with Crippen LogP contribution in [0.25, 0.3) is 0 Å². The predicted octanol–water partition coefficient (Wildman–Crippen LogP) is 1.72. The molecule has 100 valence electrons. The van der Waals surface area contributed by atoms with E-state index in [-0.39, 0.29) is 11.3 Å². The number of ether oxygens (including phenoxy) is 2. The van der Waals surface area contributed by atoms with E-state index < -0.39 is 5.97 Å². The summed E-state index contributed by atoms with van der Waals surface area (Å²) in [7, 11) is 1.34. The lowest BCUT2D eigenvalue weighted by Gasteiger charge is -2.34. The van der Waals surface area contributed by atoms with Gasteiger partial charge in [0.25, 0.3) is 0 Å². The van der Waals surface area contributed by atoms with Crippen LogP contribution in [-0.2, 0) is 16.0 Å². The van der Waals surface area contributed by atoms with Gasteiger partial charge in [0.15, 0.2) is 0 Å². The van der Waals surface area contributed by atoms with E-state index in [1.165, 1.54) is 7.11 Å². The molecule has 0 radical (unpaired) electrons. The summed E-state index contributed by atoms with van der Waals surface area (Å²) in [6.45, 7) is 4.36. The van der Waals surface area contributed by atoms with Crippen LogP contribution in [-0.4, -0.2) is 31.8 Å². The normalized spacial score (nSPS) is 18.6. The van der Waals surface area contributed by atoms with Crippen molar-refractivity contribution in [3.05, 3.63) is 23.7 Å². The molecule has 5 nitrogen and oxygen atoms in total. The van der Waals surface area contributed by atoms with E-state index in [1.54, 1.807) is 12.1 Å². The molecule has 1 aliphatic heterocycles. The molecule has 0 aromatic carbocycles. The van der Waals surface area contributed by atoms with Crippen molar-refractivity contribution < 1.29 is 18.7 Å². The Bertz CT molecular complexity index is 407. The minimum Gasteiger partial charge on any atom is -0.463 e. The van der Waals surface area contributed by atoms with Gasteiger partial charge in [-0.15, -0.1) is 0 Å². The molecule has 1 aromatic rings. The number of methoxy groups -OCH3 is 1. The molecular formula is C13H19NO4. The molecule has 1 aliphatic rings. The summed E-state index contributed by atoms with van der Waals surface area (Å²) in [6.07, 6.45) is 1.97. The number of hydrogen-bond acceptors (Lipinski definition) is 5. The molecule has 1 fully saturated rings. The average molecular weight is 253 g/mol. The molecule has 18 heavy (non-hydrogen) atoms. The molecule has 0 unspecified atom stereocenters. The second-order valence-electron chi connectivity index (χ2n) is 4.78. The highest BCUT2D eigenvalue weighted by Gasteiger charge is 2.26. The van der Waals surface area contributed by atoms with Crippen molar-refractivity contribution in [2.24, 2.45) is 0 Å². The zero-order valence-corrected chi connectivity index (χ0v) is 10.8. The van der Waals surface area contributed by atoms with Gasteiger partial charge in [-0.05, 0) is 31.9 Å². The Morgan fingerprint density at radius 3 is 2.83 bits per heavy atom. The Morgan fingerprint density at radius 2 is 2.17 bits per heavy atom. The van der Waals surface area contributed by atoms with E-state index in [0.29, 0.717) is 6.54 Å². The Balaban J connectivity index is 1.89. The van der Waals surface area contributed by atoms with Gasteiger partial charge in [0.2, 0.25) is 5.76 Å². The highest BCUT2D eigenvalue weighted by atomic mass is 16.5. The van der Waals surface area contributed by atoms with Crippen LogP contribution in [0.5, 0.6) is 0 Å². The summed E-state index contributed by atoms with van der Waals surface area (Å²) in [6, 6.07) is 3.43. The summed E-state index contributed by atoms with van der Waals surface area (Å²) in [4.78, 5) is 11.2. The highest BCUT2D eigenvalue weighted by Crippen LogP contribution is 2.20. The van der Waals surface area contributed by atoms with Crippen molar-refractivity contribution in [3.63, 3.8) is 0 Å². The number of rotatable bonds is 4. The summed E-state index contributed by atoms with van der Waals surface area (Å²) < 4.78 is 15.3. The van der Waals surface area contributed by atoms with Gasteiger partial charge in [0.1, 0.15) is 5.76 Å². The van der Waals surface area contributed by atoms with E-state index in [1.807, 2.05) is 0 Å². The lowest BCUT2D eigenvalue weighted by atomic mass is 9.92. The number of nitrogens with one attached hydrogen (secondary N) is 1. The molecule has 0 atom stereocenters. The second-order valence-corrected chi connectivity index (χ2v) is 4.78. The van der Waals surface area contributed by atoms with Crippen LogP contribution in [0.1, 0.15) is 36.1 Å². The van der Waals surface area contributed by atoms with Gasteiger partial charge >= 0.3 is 5.97 Å². The van der Waals surface area contributed by atoms with Gasteiger partial charge in [0.05, 0.1) is 13.7 Å². The number of furan rings is 1. The number of esters is 1. The van der Waals surface area contributed by atoms with E-state index in [4.69, 9.17) is 9.15 Å². The number of carbonyl (C=O) groups excluding carboxylic acids is 1. The molecular weight excluding hydrogens is 234 g/mol. The number of carbonyl (C=O) groups is 1. The van der Waals surface area contributed by atoms with E-state index in [0.717, 1.165) is 31.8 Å². The third-order valence-corrected chi connectivity index (χ3v) is 3.33. The molecule has 1 aromatic heterocycles. The van der Waals surface area contributed by atoms with Gasteiger partial charge in [-0.1, -0.05) is 0 Å². The Morgan fingerprint density at radius 1 is 1.44 bits per heavy atom. The van der Waals surface area contributed by atoms with Crippen molar-refractivity contribution in [3.8, 4) is 0 Å². The maximum Gasteiger partial charge on any atom is 0.373 e. The minimum absolute atomic E-state index is 0.0798. The first-order valence-corrected chi connectivity index (χ1v) is 6.13. The van der Waals surface area contributed by atoms with Gasteiger partial charge in [-0.2, -0.15) is 0 Å². The molecule has 0 amide bonds. The molecule has 5 heteroatoms. The Hall–Kier alpha value is -1.33. The molecule has 2 rings (SSSR count). The molecule has 0 saturated carbocycles. The predicted molar refractivity (Wildman–Crippen MR) is 65.3 cm³/mol. The summed E-state index contributed by atoms with van der Waals surface area (Å²) in [5.41, 5.74) is 0.0798. The zero-order valence-electron chi connectivity index (χ0n) is 10.8. The number of hydrogen-bond donors (Lipinski definition) is 1. The van der Waals surface area contributed by atoms with E-state index in [9.17, 15) is 4.79 Å². The zero-order chi connectivity index (χ0) is 13.0. The van der Waals surface area contributed by atoms with Crippen molar-refractivity contribution in [2.45, 2.75) is 31.8 Å². The van der Waals surface area contributed by atoms with Crippen molar-refractivity contribution in [1.82, 2.24) is 5.32 Å². The fourth-order valence-corrected chi connectivity index (χ4v) is 1.98. The second kappa shape index (κ2) is 5.54. The SMILES string of the molecule is COC(=O)c1ccc(CNC2(C)CCOCC2)o1. The largest absolute Gasteiger partial charge is 0.463 e. The third-order valence-electron chi connectivity index (χ3n) is 3.33. The molecule has 0 aliphatic carbocycles. The molecule has 1 N–H and O–H groups in total. The quantitative estimate of drug-likeness (QED) is 0.828. The fraction of sp³-hybridized carbons (Fsp3) is 0.615. The topological polar surface area (TPSA) is 60.7 Å². The van der Waals surface area contributed by atoms with Crippen LogP contribution in [0.15, 0.2) is 16.5 Å². The molecule has 0 bridgehead atoms. The third kappa shape index (κ3) is 3.11. The van der Waals surface area contributed by atoms with Crippen LogP contribution < -0.4 is 5.32 Å². The summed E-state index contributed by atoms with van der Waals surface area (Å²) in [5.74, 6) is 0.535. The van der Waals surface area contributed by atoms with Crippen LogP contribution in [0, 0.1) is 0 Å². The highest BCUT2D eigenvalue weighted by molar-refractivity contribution is 5.86. The lowest BCUT2D eigenvalue weighted by molar-refractivity contribution is 0.0437. The average Bonchev–Trinajstić information content (AvgIpc) is 2.85. The molecule has 1 saturated heterocycles. The van der Waals surface area contributed by atoms with Crippen molar-refractivity contribution in [1.29, 1.82) is 0 Å². The van der Waals surface area contributed by atoms with E-state index in [2.05, 4.69) is 17.0 Å². The van der Waals surface area contributed by atoms with Crippen LogP contribution in [0.2, 0.25) is 0 Å². The maximum absolute atomic E-state index is 11.2. The molecule has 0 spiro atoms. The van der Waals surface area contributed by atoms with Gasteiger partial charge in [-0.25, -0.2) is 4.79 Å². The van der Waals surface area contributed by atoms with Gasteiger partial charge in [0, 0.05) is 18.8 Å². The van der Waals surface area contributed by atoms with Crippen LogP contribution in [0.3, 0.4) is 0 Å². The summed E-state index contributed by atoms with van der Waals surface area (Å²) in [5, 5.41) is 3.46. The lowest BCUT2D eigenvalue weighted by Crippen LogP contribution is -2.46. The molecule has 2 heterocycles. The van der Waals surface area contributed by atoms with Crippen molar-refractivity contribution >= 4 is 5.97 Å².